The Morgan fingerprint density at radius 1 is 1.19 bits per heavy atom. The Morgan fingerprint density at radius 3 is 2.51 bits per heavy atom. The third-order valence-corrected chi connectivity index (χ3v) is 6.69. The lowest BCUT2D eigenvalue weighted by Gasteiger charge is -2.32. The van der Waals surface area contributed by atoms with Crippen LogP contribution in [0.15, 0.2) is 24.7 Å². The Balaban J connectivity index is 1.70. The molecule has 0 aliphatic carbocycles. The number of methoxy groups -OCH3 is 1. The number of fused-ring (bicyclic) bond motifs is 1. The SMILES string of the molecule is COc1ncc(-c2cc(C(F)(F)F)c3c(N)ncnn23)cc1C(=O)NC1CN(C(C)(C)C(C)=O)CC1F. The zero-order valence-electron chi connectivity index (χ0n) is 20.4. The van der Waals surface area contributed by atoms with Gasteiger partial charge in [-0.3, -0.25) is 14.5 Å². The van der Waals surface area contributed by atoms with Crippen molar-refractivity contribution in [3.63, 3.8) is 0 Å². The number of alkyl halides is 4. The first kappa shape index (κ1) is 26.3. The molecule has 4 rings (SSSR count). The number of carbonyl (C=O) groups is 2. The van der Waals surface area contributed by atoms with Crippen molar-refractivity contribution in [2.45, 2.75) is 44.7 Å². The summed E-state index contributed by atoms with van der Waals surface area (Å²) >= 11 is 0. The van der Waals surface area contributed by atoms with E-state index >= 15 is 0 Å². The highest BCUT2D eigenvalue weighted by molar-refractivity contribution is 5.98. The molecular weight excluding hydrogens is 498 g/mol. The first-order chi connectivity index (χ1) is 17.3. The number of nitrogen functional groups attached to an aromatic ring is 1. The number of Topliss-reactive ketones (excluding diaryl/α,β-unsaturated/α-hetero) is 1. The second kappa shape index (κ2) is 9.25. The quantitative estimate of drug-likeness (QED) is 0.472. The van der Waals surface area contributed by atoms with Crippen molar-refractivity contribution in [3.05, 3.63) is 35.8 Å². The summed E-state index contributed by atoms with van der Waals surface area (Å²) in [4.78, 5) is 34.5. The molecule has 14 heteroatoms. The lowest BCUT2D eigenvalue weighted by atomic mass is 9.98. The molecule has 10 nitrogen and oxygen atoms in total. The van der Waals surface area contributed by atoms with Crippen LogP contribution in [0.4, 0.5) is 23.4 Å². The first-order valence-electron chi connectivity index (χ1n) is 11.2. The number of nitrogens with one attached hydrogen (secondary N) is 1. The van der Waals surface area contributed by atoms with Crippen LogP contribution < -0.4 is 15.8 Å². The molecule has 4 heterocycles. The maximum Gasteiger partial charge on any atom is 0.418 e. The minimum atomic E-state index is -4.75. The standard InChI is InChI=1S/C23H25F4N7O3/c1-11(35)22(2,3)33-8-15(24)16(9-33)32-20(36)13-5-12(7-29-21(13)37-4)17-6-14(23(25,26)27)18-19(28)30-10-31-34(17)18/h5-7,10,15-16H,8-9H2,1-4H3,(H,32,36)(H2,28,30,31). The first-order valence-corrected chi connectivity index (χ1v) is 11.2. The summed E-state index contributed by atoms with van der Waals surface area (Å²) in [5.74, 6) is -1.37. The average Bonchev–Trinajstić information content (AvgIpc) is 3.40. The van der Waals surface area contributed by atoms with E-state index in [2.05, 4.69) is 20.4 Å². The lowest BCUT2D eigenvalue weighted by molar-refractivity contribution is -0.136. The van der Waals surface area contributed by atoms with Crippen LogP contribution in [0.1, 0.15) is 36.7 Å². The minimum absolute atomic E-state index is 0.0424. The Kier molecular flexibility index (Phi) is 6.56. The van der Waals surface area contributed by atoms with Crippen LogP contribution in [0.3, 0.4) is 0 Å². The largest absolute Gasteiger partial charge is 0.480 e. The number of hydrogen-bond donors (Lipinski definition) is 2. The predicted molar refractivity (Wildman–Crippen MR) is 125 cm³/mol. The number of nitrogens with two attached hydrogens (primary N) is 1. The van der Waals surface area contributed by atoms with Crippen molar-refractivity contribution in [1.82, 2.24) is 29.8 Å². The number of halogens is 4. The molecule has 198 valence electrons. The fourth-order valence-electron chi connectivity index (χ4n) is 4.23. The number of rotatable bonds is 6. The monoisotopic (exact) mass is 523 g/mol. The van der Waals surface area contributed by atoms with E-state index in [0.29, 0.717) is 0 Å². The molecular formula is C23H25F4N7O3. The Hall–Kier alpha value is -3.81. The molecule has 2 unspecified atom stereocenters. The summed E-state index contributed by atoms with van der Waals surface area (Å²) in [5.41, 5.74) is 3.23. The van der Waals surface area contributed by atoms with Crippen molar-refractivity contribution >= 4 is 23.0 Å². The van der Waals surface area contributed by atoms with Crippen molar-refractivity contribution in [1.29, 1.82) is 0 Å². The van der Waals surface area contributed by atoms with E-state index in [4.69, 9.17) is 10.5 Å². The van der Waals surface area contributed by atoms with E-state index in [9.17, 15) is 27.2 Å². The highest BCUT2D eigenvalue weighted by Crippen LogP contribution is 2.39. The molecule has 3 N–H and O–H groups in total. The number of nitrogens with zero attached hydrogens (tertiary/aromatic N) is 5. The summed E-state index contributed by atoms with van der Waals surface area (Å²) in [6, 6.07) is 1.18. The van der Waals surface area contributed by atoms with Gasteiger partial charge >= 0.3 is 6.18 Å². The molecule has 0 saturated carbocycles. The molecule has 0 radical (unpaired) electrons. The zero-order valence-corrected chi connectivity index (χ0v) is 20.4. The van der Waals surface area contributed by atoms with Crippen LogP contribution in [0.5, 0.6) is 5.88 Å². The van der Waals surface area contributed by atoms with Crippen molar-refractivity contribution in [3.8, 4) is 17.1 Å². The number of aromatic nitrogens is 4. The third kappa shape index (κ3) is 4.68. The minimum Gasteiger partial charge on any atom is -0.480 e. The highest BCUT2D eigenvalue weighted by atomic mass is 19.4. The normalized spacial score (nSPS) is 18.8. The van der Waals surface area contributed by atoms with E-state index in [0.717, 1.165) is 16.9 Å². The fourth-order valence-corrected chi connectivity index (χ4v) is 4.23. The van der Waals surface area contributed by atoms with Gasteiger partial charge in [-0.05, 0) is 32.9 Å². The molecule has 3 aromatic rings. The van der Waals surface area contributed by atoms with Gasteiger partial charge in [-0.2, -0.15) is 18.3 Å². The molecule has 37 heavy (non-hydrogen) atoms. The van der Waals surface area contributed by atoms with Gasteiger partial charge in [-0.1, -0.05) is 0 Å². The fraction of sp³-hybridized carbons (Fsp3) is 0.435. The summed E-state index contributed by atoms with van der Waals surface area (Å²) in [6.45, 7) is 4.80. The van der Waals surface area contributed by atoms with E-state index in [1.165, 1.54) is 26.3 Å². The summed E-state index contributed by atoms with van der Waals surface area (Å²) in [7, 11) is 1.27. The van der Waals surface area contributed by atoms with Gasteiger partial charge in [0, 0.05) is 24.8 Å². The molecule has 2 atom stereocenters. The van der Waals surface area contributed by atoms with Crippen LogP contribution in [0, 0.1) is 0 Å². The highest BCUT2D eigenvalue weighted by Gasteiger charge is 2.43. The number of amides is 1. The molecule has 1 saturated heterocycles. The second-order valence-electron chi connectivity index (χ2n) is 9.24. The molecule has 1 fully saturated rings. The van der Waals surface area contributed by atoms with Gasteiger partial charge in [0.15, 0.2) is 5.82 Å². The number of likely N-dealkylation sites (tertiary alicyclic amines) is 1. The molecule has 1 amide bonds. The second-order valence-corrected chi connectivity index (χ2v) is 9.24. The Bertz CT molecular complexity index is 1370. The number of anilines is 1. The van der Waals surface area contributed by atoms with Crippen molar-refractivity contribution in [2.24, 2.45) is 0 Å². The molecule has 0 spiro atoms. The van der Waals surface area contributed by atoms with Crippen LogP contribution in [-0.4, -0.2) is 74.1 Å². The lowest BCUT2D eigenvalue weighted by Crippen LogP contribution is -2.49. The summed E-state index contributed by atoms with van der Waals surface area (Å²) in [5, 5.41) is 6.49. The van der Waals surface area contributed by atoms with Gasteiger partial charge in [0.05, 0.1) is 29.9 Å². The number of pyridine rings is 1. The van der Waals surface area contributed by atoms with Crippen LogP contribution >= 0.6 is 0 Å². The summed E-state index contributed by atoms with van der Waals surface area (Å²) in [6.07, 6.45) is -3.97. The van der Waals surface area contributed by atoms with Gasteiger partial charge < -0.3 is 15.8 Å². The number of ketones is 1. The summed E-state index contributed by atoms with van der Waals surface area (Å²) < 4.78 is 62.0. The third-order valence-electron chi connectivity index (χ3n) is 6.69. The Labute approximate surface area is 208 Å². The van der Waals surface area contributed by atoms with E-state index in [1.54, 1.807) is 18.7 Å². The predicted octanol–water partition coefficient (Wildman–Crippen LogP) is 2.52. The molecule has 1 aliphatic rings. The van der Waals surface area contributed by atoms with Crippen molar-refractivity contribution in [2.75, 3.05) is 25.9 Å². The van der Waals surface area contributed by atoms with Gasteiger partial charge in [-0.25, -0.2) is 18.9 Å². The van der Waals surface area contributed by atoms with Crippen LogP contribution in [-0.2, 0) is 11.0 Å². The number of carbonyl (C=O) groups excluding carboxylic acids is 2. The molecule has 1 aliphatic heterocycles. The zero-order chi connectivity index (χ0) is 27.3. The van der Waals surface area contributed by atoms with E-state index in [-0.39, 0.29) is 47.4 Å². The van der Waals surface area contributed by atoms with Gasteiger partial charge in [0.25, 0.3) is 5.91 Å². The molecule has 0 bridgehead atoms. The smallest absolute Gasteiger partial charge is 0.418 e. The van der Waals surface area contributed by atoms with Gasteiger partial charge in [0.1, 0.15) is 29.4 Å². The van der Waals surface area contributed by atoms with E-state index < -0.39 is 40.9 Å². The maximum atomic E-state index is 14.8. The molecule has 3 aromatic heterocycles. The van der Waals surface area contributed by atoms with E-state index in [1.807, 2.05) is 0 Å². The number of hydrogen-bond acceptors (Lipinski definition) is 8. The number of ether oxygens (including phenoxy) is 1. The van der Waals surface area contributed by atoms with Crippen LogP contribution in [0.25, 0.3) is 16.8 Å². The van der Waals surface area contributed by atoms with Crippen molar-refractivity contribution < 1.29 is 31.9 Å². The Morgan fingerprint density at radius 2 is 1.89 bits per heavy atom. The van der Waals surface area contributed by atoms with Crippen LogP contribution in [0.2, 0.25) is 0 Å². The molecule has 0 aromatic carbocycles. The van der Waals surface area contributed by atoms with Gasteiger partial charge in [0.2, 0.25) is 5.88 Å². The average molecular weight is 523 g/mol. The van der Waals surface area contributed by atoms with Gasteiger partial charge in [-0.15, -0.1) is 0 Å². The maximum absolute atomic E-state index is 14.8. The topological polar surface area (TPSA) is 128 Å².